The van der Waals surface area contributed by atoms with Crippen LogP contribution in [0.15, 0.2) is 46.3 Å². The number of hydrogen-bond donors (Lipinski definition) is 4. The molecule has 4 N–H and O–H groups in total. The molecular weight excluding hydrogens is 558 g/mol. The van der Waals surface area contributed by atoms with E-state index < -0.39 is 31.8 Å². The molecule has 0 bridgehead atoms. The number of aromatic nitrogens is 1. The summed E-state index contributed by atoms with van der Waals surface area (Å²) in [5, 5.41) is 17.0. The van der Waals surface area contributed by atoms with Crippen LogP contribution in [0, 0.1) is 0 Å². The molecule has 12 nitrogen and oxygen atoms in total. The van der Waals surface area contributed by atoms with Crippen LogP contribution in [0.2, 0.25) is 0 Å². The van der Waals surface area contributed by atoms with E-state index in [4.69, 9.17) is 9.47 Å². The molecule has 0 radical (unpaired) electrons. The summed E-state index contributed by atoms with van der Waals surface area (Å²) in [7, 11) is -6.00. The van der Waals surface area contributed by atoms with E-state index in [2.05, 4.69) is 20.3 Å². The van der Waals surface area contributed by atoms with Crippen LogP contribution in [0.3, 0.4) is 0 Å². The molecule has 40 heavy (non-hydrogen) atoms. The van der Waals surface area contributed by atoms with E-state index in [1.807, 2.05) is 0 Å². The third-order valence-electron chi connectivity index (χ3n) is 7.85. The van der Waals surface area contributed by atoms with Crippen molar-refractivity contribution in [3.63, 3.8) is 0 Å². The zero-order valence-corrected chi connectivity index (χ0v) is 24.1. The van der Waals surface area contributed by atoms with Crippen molar-refractivity contribution in [2.75, 3.05) is 46.4 Å². The molecule has 1 spiro atoms. The van der Waals surface area contributed by atoms with Crippen molar-refractivity contribution < 1.29 is 31.4 Å². The summed E-state index contributed by atoms with van der Waals surface area (Å²) in [6.45, 7) is 2.84. The zero-order chi connectivity index (χ0) is 28.4. The summed E-state index contributed by atoms with van der Waals surface area (Å²) in [6.07, 6.45) is 3.30. The molecule has 4 heterocycles. The van der Waals surface area contributed by atoms with Crippen LogP contribution in [-0.2, 0) is 37.7 Å². The van der Waals surface area contributed by atoms with E-state index in [9.17, 15) is 21.9 Å². The molecule has 2 saturated heterocycles. The highest BCUT2D eigenvalue weighted by Crippen LogP contribution is 2.37. The number of para-hydroxylation sites is 1. The normalized spacial score (nSPS) is 22.2. The molecule has 2 aromatic rings. The molecule has 0 saturated carbocycles. The second-order valence-corrected chi connectivity index (χ2v) is 14.3. The second kappa shape index (κ2) is 12.0. The Bertz CT molecular complexity index is 1410. The van der Waals surface area contributed by atoms with Crippen LogP contribution in [0.25, 0.3) is 0 Å². The van der Waals surface area contributed by atoms with Crippen molar-refractivity contribution in [3.8, 4) is 5.75 Å². The fourth-order valence-corrected chi connectivity index (χ4v) is 7.83. The molecule has 0 aliphatic carbocycles. The fraction of sp³-hybridized carbons (Fsp3) is 0.577. The van der Waals surface area contributed by atoms with Crippen molar-refractivity contribution in [1.29, 1.82) is 0 Å². The van der Waals surface area contributed by atoms with Gasteiger partial charge < -0.3 is 25.2 Å². The second-order valence-electron chi connectivity index (χ2n) is 10.5. The first-order chi connectivity index (χ1) is 19.1. The van der Waals surface area contributed by atoms with E-state index in [1.165, 1.54) is 23.6 Å². The van der Waals surface area contributed by atoms with Crippen molar-refractivity contribution in [1.82, 2.24) is 24.6 Å². The van der Waals surface area contributed by atoms with Crippen LogP contribution in [0.1, 0.15) is 30.5 Å². The van der Waals surface area contributed by atoms with Gasteiger partial charge in [-0.15, -0.1) is 0 Å². The predicted octanol–water partition coefficient (Wildman–Crippen LogP) is -0.0229. The molecule has 2 atom stereocenters. The number of ether oxygens (including phenoxy) is 2. The largest absolute Gasteiger partial charge is 0.489 e. The number of fused-ring (bicyclic) bond motifs is 1. The van der Waals surface area contributed by atoms with Crippen LogP contribution in [-0.4, -0.2) is 95.4 Å². The Morgan fingerprint density at radius 2 is 2.02 bits per heavy atom. The lowest BCUT2D eigenvalue weighted by molar-refractivity contribution is -0.0312. The molecule has 220 valence electrons. The average molecular weight is 596 g/mol. The smallest absolute Gasteiger partial charge is 0.244 e. The maximum atomic E-state index is 13.3. The van der Waals surface area contributed by atoms with Gasteiger partial charge in [-0.25, -0.2) is 21.6 Å². The lowest BCUT2D eigenvalue weighted by Gasteiger charge is -2.38. The van der Waals surface area contributed by atoms with Crippen molar-refractivity contribution in [2.45, 2.75) is 59.8 Å². The molecule has 0 amide bonds. The average Bonchev–Trinajstić information content (AvgIpc) is 3.37. The Hall–Kier alpha value is -2.17. The van der Waals surface area contributed by atoms with Gasteiger partial charge in [-0.2, -0.15) is 4.31 Å². The standard InChI is InChI=1S/C26H37N5O7S2/c1-27-39(33,34)25-5-3-2-4-24(25)37-18-21(32)15-29-20-13-26(38-17-20)7-10-31(11-8-26)40(35,36)22-12-19-14-28-9-6-23(19)30-16-22/h2-5,12,16,20-21,27-29,32H,6-11,13-15,17-18H2,1H3/t20-,21+/m1/s1. The minimum atomic E-state index is -3.69. The molecule has 1 aromatic carbocycles. The van der Waals surface area contributed by atoms with Crippen molar-refractivity contribution in [2.24, 2.45) is 0 Å². The summed E-state index contributed by atoms with van der Waals surface area (Å²) >= 11 is 0. The highest BCUT2D eigenvalue weighted by Gasteiger charge is 2.45. The highest BCUT2D eigenvalue weighted by molar-refractivity contribution is 7.89. The zero-order valence-electron chi connectivity index (χ0n) is 22.5. The highest BCUT2D eigenvalue weighted by atomic mass is 32.2. The van der Waals surface area contributed by atoms with Crippen molar-refractivity contribution >= 4 is 20.0 Å². The minimum absolute atomic E-state index is 0.00658. The number of benzene rings is 1. The van der Waals surface area contributed by atoms with E-state index in [-0.39, 0.29) is 34.7 Å². The number of nitrogens with zero attached hydrogens (tertiary/aromatic N) is 2. The molecule has 0 unspecified atom stereocenters. The van der Waals surface area contributed by atoms with Gasteiger partial charge in [0.15, 0.2) is 0 Å². The summed E-state index contributed by atoms with van der Waals surface area (Å²) in [5.41, 5.74) is 1.49. The SMILES string of the molecule is CNS(=O)(=O)c1ccccc1OC[C@@H](O)CN[C@H]1COC2(CCN(S(=O)(=O)c3cnc4c(c3)CNCC4)CC2)C1. The molecule has 3 aliphatic rings. The van der Waals surface area contributed by atoms with Gasteiger partial charge in [0.1, 0.15) is 28.3 Å². The quantitative estimate of drug-likeness (QED) is 0.294. The minimum Gasteiger partial charge on any atom is -0.489 e. The monoisotopic (exact) mass is 595 g/mol. The Morgan fingerprint density at radius 1 is 1.25 bits per heavy atom. The maximum absolute atomic E-state index is 13.3. The lowest BCUT2D eigenvalue weighted by atomic mass is 9.88. The van der Waals surface area contributed by atoms with Gasteiger partial charge in [0.05, 0.1) is 12.2 Å². The maximum Gasteiger partial charge on any atom is 0.244 e. The van der Waals surface area contributed by atoms with Crippen LogP contribution in [0.5, 0.6) is 5.75 Å². The Kier molecular flexibility index (Phi) is 8.78. The number of hydrogen-bond acceptors (Lipinski definition) is 10. The molecule has 14 heteroatoms. The Balaban J connectivity index is 1.10. The van der Waals surface area contributed by atoms with Gasteiger partial charge in [0, 0.05) is 57.1 Å². The number of sulfonamides is 2. The number of pyridine rings is 1. The number of aliphatic hydroxyl groups excluding tert-OH is 1. The number of nitrogens with one attached hydrogen (secondary N) is 3. The van der Waals surface area contributed by atoms with E-state index in [0.29, 0.717) is 45.5 Å². The molecule has 5 rings (SSSR count). The van der Waals surface area contributed by atoms with E-state index in [1.54, 1.807) is 24.3 Å². The van der Waals surface area contributed by atoms with Gasteiger partial charge in [-0.1, -0.05) is 12.1 Å². The molecule has 1 aromatic heterocycles. The summed E-state index contributed by atoms with van der Waals surface area (Å²) < 4.78 is 66.6. The van der Waals surface area contributed by atoms with E-state index in [0.717, 1.165) is 24.2 Å². The first-order valence-corrected chi connectivity index (χ1v) is 16.4. The summed E-state index contributed by atoms with van der Waals surface area (Å²) in [4.78, 5) is 4.65. The third-order valence-corrected chi connectivity index (χ3v) is 11.2. The van der Waals surface area contributed by atoms with Gasteiger partial charge in [-0.05, 0) is 50.1 Å². The van der Waals surface area contributed by atoms with Crippen LogP contribution < -0.4 is 20.1 Å². The van der Waals surface area contributed by atoms with Gasteiger partial charge in [0.2, 0.25) is 20.0 Å². The van der Waals surface area contributed by atoms with Crippen LogP contribution >= 0.6 is 0 Å². The Labute approximate surface area is 235 Å². The first-order valence-electron chi connectivity index (χ1n) is 13.5. The first kappa shape index (κ1) is 29.3. The fourth-order valence-electron chi connectivity index (χ4n) is 5.52. The van der Waals surface area contributed by atoms with Gasteiger partial charge in [0.25, 0.3) is 0 Å². The van der Waals surface area contributed by atoms with Gasteiger partial charge >= 0.3 is 0 Å². The molecular formula is C26H37N5O7S2. The number of rotatable bonds is 10. The third kappa shape index (κ3) is 6.34. The summed E-state index contributed by atoms with van der Waals surface area (Å²) in [5.74, 6) is 0.170. The number of aliphatic hydroxyl groups is 1. The number of piperidine rings is 1. The van der Waals surface area contributed by atoms with Crippen molar-refractivity contribution in [3.05, 3.63) is 47.8 Å². The lowest BCUT2D eigenvalue weighted by Crippen LogP contribution is -2.47. The molecule has 3 aliphatic heterocycles. The van der Waals surface area contributed by atoms with E-state index >= 15 is 0 Å². The summed E-state index contributed by atoms with van der Waals surface area (Å²) in [6, 6.07) is 8.01. The Morgan fingerprint density at radius 3 is 2.80 bits per heavy atom. The topological polar surface area (TPSA) is 159 Å². The molecule has 2 fully saturated rings. The van der Waals surface area contributed by atoms with Crippen LogP contribution in [0.4, 0.5) is 0 Å². The van der Waals surface area contributed by atoms with Gasteiger partial charge in [-0.3, -0.25) is 4.98 Å². The predicted molar refractivity (Wildman–Crippen MR) is 147 cm³/mol.